The van der Waals surface area contributed by atoms with Gasteiger partial charge in [0.05, 0.1) is 0 Å². The molecular weight excluding hydrogens is 194 g/mol. The molecule has 0 aliphatic carbocycles. The Morgan fingerprint density at radius 1 is 1.43 bits per heavy atom. The first kappa shape index (κ1) is 11.1. The van der Waals surface area contributed by atoms with Crippen molar-refractivity contribution in [2.75, 3.05) is 6.54 Å². The molecule has 0 aliphatic rings. The molecule has 1 aromatic rings. The van der Waals surface area contributed by atoms with E-state index in [2.05, 4.69) is 50.0 Å². The van der Waals surface area contributed by atoms with Crippen LogP contribution in [0, 0.1) is 13.8 Å². The number of hydrogen-bond donors (Lipinski definition) is 2. The maximum atomic E-state index is 10.5. The van der Waals surface area contributed by atoms with E-state index < -0.39 is 0 Å². The van der Waals surface area contributed by atoms with Crippen molar-refractivity contribution < 1.29 is 4.79 Å². The topological polar surface area (TPSA) is 29.1 Å². The fraction of sp³-hybridized carbons (Fsp3) is 0.364. The normalized spacial score (nSPS) is 9.93. The first-order valence-electron chi connectivity index (χ1n) is 4.62. The summed E-state index contributed by atoms with van der Waals surface area (Å²) in [7, 11) is 0. The quantitative estimate of drug-likeness (QED) is 0.736. The van der Waals surface area contributed by atoms with Crippen LogP contribution in [-0.2, 0) is 6.42 Å². The average Bonchev–Trinajstić information content (AvgIpc) is 2.08. The van der Waals surface area contributed by atoms with E-state index in [1.165, 1.54) is 16.7 Å². The highest BCUT2D eigenvalue weighted by atomic mass is 32.1. The van der Waals surface area contributed by atoms with Crippen molar-refractivity contribution in [3.63, 3.8) is 0 Å². The van der Waals surface area contributed by atoms with E-state index in [1.807, 2.05) is 0 Å². The van der Waals surface area contributed by atoms with Gasteiger partial charge >= 0.3 is 0 Å². The maximum absolute atomic E-state index is 10.5. The molecule has 0 bridgehead atoms. The second kappa shape index (κ2) is 5.05. The number of hydrogen-bond acceptors (Lipinski definition) is 1. The number of carbonyl (C=O) groups is 1. The standard InChI is InChI=1S/C11H15NOS/c1-8-3-4-10(9(2)7-8)5-6-12-11(13)14/h3-4,7H,5-6H2,1-2H3,(H2,12,13,14). The van der Waals surface area contributed by atoms with Gasteiger partial charge < -0.3 is 5.32 Å². The van der Waals surface area contributed by atoms with Gasteiger partial charge in [-0.15, -0.1) is 0 Å². The molecule has 14 heavy (non-hydrogen) atoms. The minimum atomic E-state index is -0.269. The van der Waals surface area contributed by atoms with Gasteiger partial charge in [-0.25, -0.2) is 0 Å². The second-order valence-electron chi connectivity index (χ2n) is 3.41. The number of aryl methyl sites for hydroxylation is 2. The molecule has 1 aromatic carbocycles. The molecule has 1 rings (SSSR count). The van der Waals surface area contributed by atoms with Crippen molar-refractivity contribution in [3.05, 3.63) is 34.9 Å². The van der Waals surface area contributed by atoms with Crippen molar-refractivity contribution >= 4 is 17.9 Å². The van der Waals surface area contributed by atoms with E-state index in [9.17, 15) is 4.79 Å². The number of rotatable bonds is 3. The molecule has 0 saturated heterocycles. The van der Waals surface area contributed by atoms with Gasteiger partial charge in [-0.3, -0.25) is 4.79 Å². The third-order valence-corrected chi connectivity index (χ3v) is 2.33. The number of amides is 1. The maximum Gasteiger partial charge on any atom is 0.275 e. The summed E-state index contributed by atoms with van der Waals surface area (Å²) < 4.78 is 0. The van der Waals surface area contributed by atoms with Gasteiger partial charge in [-0.1, -0.05) is 36.4 Å². The lowest BCUT2D eigenvalue weighted by atomic mass is 10.0. The second-order valence-corrected chi connectivity index (χ2v) is 3.82. The Balaban J connectivity index is 2.55. The zero-order chi connectivity index (χ0) is 10.6. The third-order valence-electron chi connectivity index (χ3n) is 2.17. The zero-order valence-electron chi connectivity index (χ0n) is 8.50. The van der Waals surface area contributed by atoms with Crippen LogP contribution < -0.4 is 5.32 Å². The van der Waals surface area contributed by atoms with E-state index in [0.29, 0.717) is 6.54 Å². The SMILES string of the molecule is Cc1ccc(CCNC(=O)S)c(C)c1. The Labute approximate surface area is 90.1 Å². The molecule has 0 heterocycles. The van der Waals surface area contributed by atoms with Crippen LogP contribution in [0.25, 0.3) is 0 Å². The summed E-state index contributed by atoms with van der Waals surface area (Å²) in [6.45, 7) is 4.81. The summed E-state index contributed by atoms with van der Waals surface area (Å²) >= 11 is 3.64. The number of nitrogens with one attached hydrogen (secondary N) is 1. The molecule has 2 nitrogen and oxygen atoms in total. The summed E-state index contributed by atoms with van der Waals surface area (Å²) in [5, 5.41) is 2.39. The molecule has 0 saturated carbocycles. The molecule has 0 unspecified atom stereocenters. The molecule has 0 aliphatic heterocycles. The van der Waals surface area contributed by atoms with Gasteiger partial charge in [0.15, 0.2) is 0 Å². The summed E-state index contributed by atoms with van der Waals surface area (Å²) in [5.74, 6) is 0. The number of benzene rings is 1. The summed E-state index contributed by atoms with van der Waals surface area (Å²) in [5.41, 5.74) is 3.82. The Morgan fingerprint density at radius 2 is 2.14 bits per heavy atom. The Kier molecular flexibility index (Phi) is 4.01. The summed E-state index contributed by atoms with van der Waals surface area (Å²) in [6, 6.07) is 6.35. The average molecular weight is 209 g/mol. The lowest BCUT2D eigenvalue weighted by Gasteiger charge is -2.06. The molecule has 0 radical (unpaired) electrons. The fourth-order valence-electron chi connectivity index (χ4n) is 1.43. The molecule has 1 amide bonds. The molecule has 1 N–H and O–H groups in total. The minimum Gasteiger partial charge on any atom is -0.347 e. The van der Waals surface area contributed by atoms with Crippen molar-refractivity contribution in [2.45, 2.75) is 20.3 Å². The molecule has 76 valence electrons. The molecule has 0 atom stereocenters. The van der Waals surface area contributed by atoms with Crippen molar-refractivity contribution in [3.8, 4) is 0 Å². The van der Waals surface area contributed by atoms with Crippen molar-refractivity contribution in [2.24, 2.45) is 0 Å². The van der Waals surface area contributed by atoms with E-state index in [4.69, 9.17) is 0 Å². The van der Waals surface area contributed by atoms with Crippen LogP contribution in [0.2, 0.25) is 0 Å². The molecule has 0 spiro atoms. The highest BCUT2D eigenvalue weighted by molar-refractivity contribution is 7.96. The highest BCUT2D eigenvalue weighted by Crippen LogP contribution is 2.10. The Hall–Kier alpha value is -0.960. The van der Waals surface area contributed by atoms with Crippen molar-refractivity contribution in [1.29, 1.82) is 0 Å². The van der Waals surface area contributed by atoms with Crippen LogP contribution in [-0.4, -0.2) is 11.8 Å². The van der Waals surface area contributed by atoms with Crippen molar-refractivity contribution in [1.82, 2.24) is 5.32 Å². The Bertz CT molecular complexity index is 336. The Morgan fingerprint density at radius 3 is 2.71 bits per heavy atom. The molecule has 0 aromatic heterocycles. The summed E-state index contributed by atoms with van der Waals surface area (Å²) in [4.78, 5) is 10.5. The molecule has 0 fully saturated rings. The van der Waals surface area contributed by atoms with E-state index in [1.54, 1.807) is 0 Å². The van der Waals surface area contributed by atoms with Gasteiger partial charge in [0.2, 0.25) is 0 Å². The zero-order valence-corrected chi connectivity index (χ0v) is 9.40. The fourth-order valence-corrected chi connectivity index (χ4v) is 1.54. The summed E-state index contributed by atoms with van der Waals surface area (Å²) in [6.07, 6.45) is 0.860. The molecular formula is C11H15NOS. The van der Waals surface area contributed by atoms with Gasteiger partial charge in [0.25, 0.3) is 5.24 Å². The van der Waals surface area contributed by atoms with E-state index in [-0.39, 0.29) is 5.24 Å². The van der Waals surface area contributed by atoms with Gasteiger partial charge in [-0.05, 0) is 31.4 Å². The van der Waals surface area contributed by atoms with Crippen LogP contribution in [0.5, 0.6) is 0 Å². The first-order valence-corrected chi connectivity index (χ1v) is 5.07. The van der Waals surface area contributed by atoms with Crippen LogP contribution in [0.1, 0.15) is 16.7 Å². The van der Waals surface area contributed by atoms with Crippen LogP contribution in [0.4, 0.5) is 4.79 Å². The predicted octanol–water partition coefficient (Wildman–Crippen LogP) is 2.49. The largest absolute Gasteiger partial charge is 0.347 e. The number of carbonyl (C=O) groups excluding carboxylic acids is 1. The third kappa shape index (κ3) is 3.42. The first-order chi connectivity index (χ1) is 6.59. The minimum absolute atomic E-state index is 0.269. The van der Waals surface area contributed by atoms with Gasteiger partial charge in [-0.2, -0.15) is 0 Å². The van der Waals surface area contributed by atoms with Crippen LogP contribution >= 0.6 is 12.6 Å². The van der Waals surface area contributed by atoms with Crippen LogP contribution in [0.3, 0.4) is 0 Å². The van der Waals surface area contributed by atoms with Gasteiger partial charge in [0, 0.05) is 6.54 Å². The predicted molar refractivity (Wildman–Crippen MR) is 62.0 cm³/mol. The molecule has 3 heteroatoms. The monoisotopic (exact) mass is 209 g/mol. The van der Waals surface area contributed by atoms with E-state index in [0.717, 1.165) is 6.42 Å². The lowest BCUT2D eigenvalue weighted by molar-refractivity contribution is 0.261. The smallest absolute Gasteiger partial charge is 0.275 e. The lowest BCUT2D eigenvalue weighted by Crippen LogP contribution is -2.19. The van der Waals surface area contributed by atoms with Crippen LogP contribution in [0.15, 0.2) is 18.2 Å². The van der Waals surface area contributed by atoms with Gasteiger partial charge in [0.1, 0.15) is 0 Å². The van der Waals surface area contributed by atoms with E-state index >= 15 is 0 Å². The number of thiol groups is 1. The highest BCUT2D eigenvalue weighted by Gasteiger charge is 1.98.